The number of aromatic hydroxyl groups is 1. The van der Waals surface area contributed by atoms with E-state index >= 15 is 0 Å². The van der Waals surface area contributed by atoms with Gasteiger partial charge in [0, 0.05) is 19.1 Å². The molecule has 1 amide bonds. The number of anilines is 1. The molecule has 140 valence electrons. The Balaban J connectivity index is 2.36. The number of hydrogen-bond acceptors (Lipinski definition) is 4. The minimum Gasteiger partial charge on any atom is -0.505 e. The average Bonchev–Trinajstić information content (AvgIpc) is 2.51. The van der Waals surface area contributed by atoms with Crippen LogP contribution in [-0.4, -0.2) is 17.6 Å². The number of phenols is 1. The van der Waals surface area contributed by atoms with Crippen molar-refractivity contribution >= 4 is 23.2 Å². The topological polar surface area (TPSA) is 67.8 Å². The molecule has 5 nitrogen and oxygen atoms in total. The van der Waals surface area contributed by atoms with Crippen molar-refractivity contribution in [2.75, 3.05) is 11.9 Å². The summed E-state index contributed by atoms with van der Waals surface area (Å²) in [5, 5.41) is 12.3. The van der Waals surface area contributed by atoms with Gasteiger partial charge < -0.3 is 19.9 Å². The summed E-state index contributed by atoms with van der Waals surface area (Å²) in [6.07, 6.45) is -4.53. The maximum Gasteiger partial charge on any atom is 0.416 e. The van der Waals surface area contributed by atoms with Gasteiger partial charge in [0.15, 0.2) is 0 Å². The van der Waals surface area contributed by atoms with Crippen molar-refractivity contribution in [1.29, 1.82) is 0 Å². The van der Waals surface area contributed by atoms with Crippen molar-refractivity contribution in [1.82, 2.24) is 0 Å². The van der Waals surface area contributed by atoms with Gasteiger partial charge in [0.2, 0.25) is 5.91 Å². The fourth-order valence-corrected chi connectivity index (χ4v) is 2.31. The maximum absolute atomic E-state index is 12.7. The van der Waals surface area contributed by atoms with Crippen LogP contribution in [0.2, 0.25) is 5.02 Å². The Kier molecular flexibility index (Phi) is 5.86. The fourth-order valence-electron chi connectivity index (χ4n) is 2.09. The standard InChI is InChI=1S/C17H15ClF3NO4/c1-3-25-15-8-11(7-13(24)16(15)22-9(2)23)26-14-5-4-10(6-12(14)18)17(19,20)21/h4-8,24H,3H2,1-2H3,(H,22,23). The van der Waals surface area contributed by atoms with Gasteiger partial charge in [0.25, 0.3) is 0 Å². The molecule has 0 saturated heterocycles. The fraction of sp³-hybridized carbons (Fsp3) is 0.235. The normalized spacial score (nSPS) is 11.2. The zero-order chi connectivity index (χ0) is 19.5. The van der Waals surface area contributed by atoms with Gasteiger partial charge in [-0.25, -0.2) is 0 Å². The molecule has 0 spiro atoms. The molecule has 0 aliphatic heterocycles. The molecule has 0 radical (unpaired) electrons. The molecule has 0 fully saturated rings. The van der Waals surface area contributed by atoms with Crippen LogP contribution in [0.15, 0.2) is 30.3 Å². The van der Waals surface area contributed by atoms with Crippen LogP contribution in [0.3, 0.4) is 0 Å². The first-order valence-electron chi connectivity index (χ1n) is 7.43. The molecule has 0 aliphatic rings. The molecule has 2 rings (SSSR count). The number of carbonyl (C=O) groups is 1. The third-order valence-electron chi connectivity index (χ3n) is 3.14. The highest BCUT2D eigenvalue weighted by molar-refractivity contribution is 6.32. The molecule has 0 saturated carbocycles. The van der Waals surface area contributed by atoms with E-state index in [2.05, 4.69) is 5.32 Å². The largest absolute Gasteiger partial charge is 0.505 e. The Bertz CT molecular complexity index is 824. The molecular formula is C17H15ClF3NO4. The van der Waals surface area contributed by atoms with Crippen molar-refractivity contribution in [3.05, 3.63) is 40.9 Å². The molecule has 2 N–H and O–H groups in total. The van der Waals surface area contributed by atoms with E-state index in [0.717, 1.165) is 18.2 Å². The summed E-state index contributed by atoms with van der Waals surface area (Å²) in [6, 6.07) is 5.21. The molecule has 26 heavy (non-hydrogen) atoms. The molecule has 0 bridgehead atoms. The number of nitrogens with one attached hydrogen (secondary N) is 1. The highest BCUT2D eigenvalue weighted by atomic mass is 35.5. The van der Waals surface area contributed by atoms with Gasteiger partial charge in [-0.3, -0.25) is 4.79 Å². The summed E-state index contributed by atoms with van der Waals surface area (Å²) in [5.74, 6) is -0.568. The number of phenolic OH excluding ortho intramolecular Hbond substituents is 1. The van der Waals surface area contributed by atoms with Crippen LogP contribution < -0.4 is 14.8 Å². The number of ether oxygens (including phenoxy) is 2. The highest BCUT2D eigenvalue weighted by Crippen LogP contribution is 2.41. The third kappa shape index (κ3) is 4.72. The monoisotopic (exact) mass is 389 g/mol. The summed E-state index contributed by atoms with van der Waals surface area (Å²) in [4.78, 5) is 11.2. The molecule has 0 unspecified atom stereocenters. The average molecular weight is 390 g/mol. The van der Waals surface area contributed by atoms with E-state index in [1.807, 2.05) is 0 Å². The lowest BCUT2D eigenvalue weighted by molar-refractivity contribution is -0.137. The molecule has 9 heteroatoms. The first-order valence-corrected chi connectivity index (χ1v) is 7.81. The lowest BCUT2D eigenvalue weighted by atomic mass is 10.2. The Morgan fingerprint density at radius 1 is 1.23 bits per heavy atom. The zero-order valence-corrected chi connectivity index (χ0v) is 14.5. The van der Waals surface area contributed by atoms with Crippen LogP contribution in [0, 0.1) is 0 Å². The van der Waals surface area contributed by atoms with E-state index in [-0.39, 0.29) is 40.3 Å². The number of carbonyl (C=O) groups excluding carboxylic acids is 1. The van der Waals surface area contributed by atoms with Gasteiger partial charge in [-0.1, -0.05) is 11.6 Å². The predicted molar refractivity (Wildman–Crippen MR) is 90.1 cm³/mol. The molecule has 0 aliphatic carbocycles. The SMILES string of the molecule is CCOc1cc(Oc2ccc(C(F)(F)F)cc2Cl)cc(O)c1NC(C)=O. The zero-order valence-electron chi connectivity index (χ0n) is 13.8. The molecule has 2 aromatic rings. The first-order chi connectivity index (χ1) is 12.1. The highest BCUT2D eigenvalue weighted by Gasteiger charge is 2.31. The number of amides is 1. The van der Waals surface area contributed by atoms with Gasteiger partial charge >= 0.3 is 6.18 Å². The summed E-state index contributed by atoms with van der Waals surface area (Å²) in [5.41, 5.74) is -0.848. The van der Waals surface area contributed by atoms with Crippen molar-refractivity contribution in [2.24, 2.45) is 0 Å². The Morgan fingerprint density at radius 3 is 2.46 bits per heavy atom. The number of halogens is 4. The van der Waals surface area contributed by atoms with Gasteiger partial charge in [-0.15, -0.1) is 0 Å². The van der Waals surface area contributed by atoms with E-state index in [0.29, 0.717) is 0 Å². The van der Waals surface area contributed by atoms with Gasteiger partial charge in [0.05, 0.1) is 17.2 Å². The van der Waals surface area contributed by atoms with E-state index in [1.54, 1.807) is 6.92 Å². The molecule has 0 heterocycles. The smallest absolute Gasteiger partial charge is 0.416 e. The Labute approximate surface area is 152 Å². The minimum absolute atomic E-state index is 0.0335. The summed E-state index contributed by atoms with van der Waals surface area (Å²) < 4.78 is 48.9. The van der Waals surface area contributed by atoms with Gasteiger partial charge in [-0.2, -0.15) is 13.2 Å². The number of benzene rings is 2. The maximum atomic E-state index is 12.7. The molecule has 2 aromatic carbocycles. The molecule has 0 atom stereocenters. The van der Waals surface area contributed by atoms with Crippen molar-refractivity contribution in [3.63, 3.8) is 0 Å². The lowest BCUT2D eigenvalue weighted by Crippen LogP contribution is -2.08. The first kappa shape index (κ1) is 19.7. The van der Waals surface area contributed by atoms with Crippen LogP contribution in [0.4, 0.5) is 18.9 Å². The van der Waals surface area contributed by atoms with E-state index in [1.165, 1.54) is 19.1 Å². The number of rotatable bonds is 5. The summed E-state index contributed by atoms with van der Waals surface area (Å²) >= 11 is 5.85. The van der Waals surface area contributed by atoms with Crippen molar-refractivity contribution < 1.29 is 32.5 Å². The third-order valence-corrected chi connectivity index (χ3v) is 3.44. The van der Waals surface area contributed by atoms with E-state index in [4.69, 9.17) is 21.1 Å². The van der Waals surface area contributed by atoms with Gasteiger partial charge in [-0.05, 0) is 25.1 Å². The molecule has 0 aromatic heterocycles. The second-order valence-electron chi connectivity index (χ2n) is 5.17. The Hall–Kier alpha value is -2.61. The number of alkyl halides is 3. The quantitative estimate of drug-likeness (QED) is 0.688. The van der Waals surface area contributed by atoms with Crippen LogP contribution in [0.5, 0.6) is 23.0 Å². The van der Waals surface area contributed by atoms with E-state index < -0.39 is 17.6 Å². The Morgan fingerprint density at radius 2 is 1.92 bits per heavy atom. The van der Waals surface area contributed by atoms with Crippen molar-refractivity contribution in [2.45, 2.75) is 20.0 Å². The lowest BCUT2D eigenvalue weighted by Gasteiger charge is -2.15. The van der Waals surface area contributed by atoms with Crippen LogP contribution >= 0.6 is 11.6 Å². The van der Waals surface area contributed by atoms with E-state index in [9.17, 15) is 23.1 Å². The van der Waals surface area contributed by atoms with Gasteiger partial charge in [0.1, 0.15) is 28.7 Å². The van der Waals surface area contributed by atoms with Crippen molar-refractivity contribution in [3.8, 4) is 23.0 Å². The van der Waals surface area contributed by atoms with Crippen LogP contribution in [0.1, 0.15) is 19.4 Å². The molecular weight excluding hydrogens is 375 g/mol. The van der Waals surface area contributed by atoms with Crippen LogP contribution in [0.25, 0.3) is 0 Å². The predicted octanol–water partition coefficient (Wildman–Crippen LogP) is 5.21. The second-order valence-corrected chi connectivity index (χ2v) is 5.58. The van der Waals surface area contributed by atoms with Crippen LogP contribution in [-0.2, 0) is 11.0 Å². The minimum atomic E-state index is -4.53. The summed E-state index contributed by atoms with van der Waals surface area (Å²) in [7, 11) is 0. The second kappa shape index (κ2) is 7.74. The summed E-state index contributed by atoms with van der Waals surface area (Å²) in [6.45, 7) is 3.22. The number of hydrogen-bond donors (Lipinski definition) is 2.